The Labute approximate surface area is 176 Å². The van der Waals surface area contributed by atoms with Crippen molar-refractivity contribution in [2.75, 3.05) is 50.1 Å². The third-order valence-corrected chi connectivity index (χ3v) is 5.88. The lowest BCUT2D eigenvalue weighted by Gasteiger charge is -2.42. The number of carbonyl (C=O) groups is 1. The molecule has 7 nitrogen and oxygen atoms in total. The van der Waals surface area contributed by atoms with Gasteiger partial charge in [0.15, 0.2) is 0 Å². The number of carbonyl (C=O) groups excluding carboxylic acids is 1. The Kier molecular flexibility index (Phi) is 5.97. The Bertz CT molecular complexity index is 874. The van der Waals surface area contributed by atoms with Crippen molar-refractivity contribution in [2.24, 2.45) is 0 Å². The summed E-state index contributed by atoms with van der Waals surface area (Å²) >= 11 is 0. The molecule has 0 N–H and O–H groups in total. The molecule has 30 heavy (non-hydrogen) atoms. The van der Waals surface area contributed by atoms with Crippen molar-refractivity contribution in [3.05, 3.63) is 48.0 Å². The van der Waals surface area contributed by atoms with Gasteiger partial charge in [-0.15, -0.1) is 0 Å². The summed E-state index contributed by atoms with van der Waals surface area (Å²) in [6.45, 7) is 3.21. The molecule has 1 atom stereocenters. The summed E-state index contributed by atoms with van der Waals surface area (Å²) in [5, 5.41) is 0. The van der Waals surface area contributed by atoms with Crippen molar-refractivity contribution in [2.45, 2.75) is 31.4 Å². The van der Waals surface area contributed by atoms with E-state index >= 15 is 0 Å². The predicted octanol–water partition coefficient (Wildman–Crippen LogP) is 2.47. The maximum atomic E-state index is 13.3. The monoisotopic (exact) mass is 413 g/mol. The number of nitrogens with zero attached hydrogens (tertiary/aromatic N) is 5. The number of ether oxygens (including phenoxy) is 1. The van der Waals surface area contributed by atoms with E-state index in [2.05, 4.69) is 14.9 Å². The van der Waals surface area contributed by atoms with Crippen LogP contribution in [0, 0.1) is 5.82 Å². The fourth-order valence-electron chi connectivity index (χ4n) is 4.17. The smallest absolute Gasteiger partial charge is 0.253 e. The third kappa shape index (κ3) is 4.60. The summed E-state index contributed by atoms with van der Waals surface area (Å²) in [6.07, 6.45) is 6.49. The second kappa shape index (κ2) is 8.65. The average molecular weight is 413 g/mol. The molecule has 4 rings (SSSR count). The number of halogens is 1. The van der Waals surface area contributed by atoms with Gasteiger partial charge in [0.25, 0.3) is 5.91 Å². The van der Waals surface area contributed by atoms with E-state index in [1.165, 1.54) is 12.1 Å². The summed E-state index contributed by atoms with van der Waals surface area (Å²) in [6, 6.07) is 6.10. The van der Waals surface area contributed by atoms with Crippen molar-refractivity contribution >= 4 is 17.5 Å². The van der Waals surface area contributed by atoms with Gasteiger partial charge in [-0.3, -0.25) is 9.69 Å². The highest BCUT2D eigenvalue weighted by molar-refractivity contribution is 5.95. The zero-order valence-corrected chi connectivity index (χ0v) is 17.6. The number of amides is 1. The minimum atomic E-state index is -0.359. The van der Waals surface area contributed by atoms with E-state index in [1.807, 2.05) is 31.4 Å². The molecule has 0 bridgehead atoms. The first kappa shape index (κ1) is 20.7. The lowest BCUT2D eigenvalue weighted by Crippen LogP contribution is -2.55. The van der Waals surface area contributed by atoms with Crippen molar-refractivity contribution < 1.29 is 13.9 Å². The van der Waals surface area contributed by atoms with Gasteiger partial charge in [-0.05, 0) is 50.1 Å². The number of aromatic nitrogens is 2. The number of hydrogen-bond donors (Lipinski definition) is 0. The predicted molar refractivity (Wildman–Crippen MR) is 113 cm³/mol. The number of likely N-dealkylation sites (tertiary alicyclic amines) is 1. The van der Waals surface area contributed by atoms with Gasteiger partial charge in [0.05, 0.1) is 12.1 Å². The minimum Gasteiger partial charge on any atom is -0.363 e. The largest absolute Gasteiger partial charge is 0.363 e. The average Bonchev–Trinajstić information content (AvgIpc) is 2.93. The molecular formula is C22H28FN5O2. The van der Waals surface area contributed by atoms with Crippen molar-refractivity contribution in [3.8, 4) is 0 Å². The second-order valence-electron chi connectivity index (χ2n) is 8.34. The van der Waals surface area contributed by atoms with Crippen LogP contribution >= 0.6 is 0 Å². The molecule has 0 radical (unpaired) electrons. The normalized spacial score (nSPS) is 22.9. The lowest BCUT2D eigenvalue weighted by molar-refractivity contribution is -0.140. The van der Waals surface area contributed by atoms with Gasteiger partial charge in [-0.25, -0.2) is 14.4 Å². The fourth-order valence-corrected chi connectivity index (χ4v) is 4.17. The summed E-state index contributed by atoms with van der Waals surface area (Å²) in [7, 11) is 3.85. The van der Waals surface area contributed by atoms with E-state index in [4.69, 9.17) is 4.74 Å². The molecule has 160 valence electrons. The van der Waals surface area contributed by atoms with Crippen LogP contribution < -0.4 is 9.80 Å². The Hall–Kier alpha value is -2.58. The van der Waals surface area contributed by atoms with Crippen LogP contribution in [-0.2, 0) is 16.1 Å². The first-order valence-corrected chi connectivity index (χ1v) is 10.3. The number of benzene rings is 1. The molecule has 8 heteroatoms. The first-order chi connectivity index (χ1) is 14.4. The van der Waals surface area contributed by atoms with Crippen LogP contribution in [0.1, 0.15) is 24.8 Å². The van der Waals surface area contributed by atoms with Gasteiger partial charge < -0.3 is 14.5 Å². The zero-order valence-electron chi connectivity index (χ0n) is 17.6. The van der Waals surface area contributed by atoms with Crippen LogP contribution in [0.2, 0.25) is 0 Å². The third-order valence-electron chi connectivity index (χ3n) is 5.88. The van der Waals surface area contributed by atoms with Gasteiger partial charge in [0.1, 0.15) is 12.4 Å². The topological polar surface area (TPSA) is 61.8 Å². The Balaban J connectivity index is 1.41. The molecule has 1 aromatic heterocycles. The van der Waals surface area contributed by atoms with E-state index < -0.39 is 0 Å². The van der Waals surface area contributed by atoms with Crippen molar-refractivity contribution in [3.63, 3.8) is 0 Å². The Morgan fingerprint density at radius 3 is 2.57 bits per heavy atom. The summed E-state index contributed by atoms with van der Waals surface area (Å²) in [4.78, 5) is 27.3. The summed E-state index contributed by atoms with van der Waals surface area (Å²) < 4.78 is 19.4. The van der Waals surface area contributed by atoms with E-state index in [1.54, 1.807) is 17.0 Å². The molecular weight excluding hydrogens is 385 g/mol. The highest BCUT2D eigenvalue weighted by Crippen LogP contribution is 2.33. The van der Waals surface area contributed by atoms with Crippen LogP contribution in [0.5, 0.6) is 0 Å². The number of morpholine rings is 1. The van der Waals surface area contributed by atoms with Crippen molar-refractivity contribution in [1.82, 2.24) is 14.9 Å². The van der Waals surface area contributed by atoms with E-state index in [-0.39, 0.29) is 23.9 Å². The molecule has 1 unspecified atom stereocenters. The van der Waals surface area contributed by atoms with E-state index in [0.29, 0.717) is 12.5 Å². The van der Waals surface area contributed by atoms with Crippen LogP contribution in [-0.4, -0.2) is 66.7 Å². The lowest BCUT2D eigenvalue weighted by atomic mass is 9.92. The minimum absolute atomic E-state index is 0.0667. The van der Waals surface area contributed by atoms with Crippen LogP contribution in [0.4, 0.5) is 16.0 Å². The molecule has 0 aliphatic carbocycles. The number of anilines is 2. The standard InChI is InChI=1S/C22H28FN5O2/c1-26(2)21-24-12-17(13-25-21)14-27-10-3-8-22(9-11-27)16-28(20(29)15-30-22)19-6-4-18(23)5-7-19/h4-7,12-13H,3,8-11,14-16H2,1-2H3. The number of rotatable bonds is 4. The summed E-state index contributed by atoms with van der Waals surface area (Å²) in [5.41, 5.74) is 1.45. The van der Waals surface area contributed by atoms with Crippen LogP contribution in [0.3, 0.4) is 0 Å². The SMILES string of the molecule is CN(C)c1ncc(CN2CCCC3(CC2)CN(c2ccc(F)cc2)C(=O)CO3)cn1. The molecule has 1 aromatic carbocycles. The molecule has 3 heterocycles. The van der Waals surface area contributed by atoms with Gasteiger partial charge in [-0.1, -0.05) is 0 Å². The van der Waals surface area contributed by atoms with Crippen LogP contribution in [0.15, 0.2) is 36.7 Å². The zero-order chi connectivity index (χ0) is 21.1. The molecule has 2 aliphatic heterocycles. The molecule has 1 amide bonds. The van der Waals surface area contributed by atoms with Crippen LogP contribution in [0.25, 0.3) is 0 Å². The molecule has 2 saturated heterocycles. The number of hydrogen-bond acceptors (Lipinski definition) is 6. The first-order valence-electron chi connectivity index (χ1n) is 10.3. The van der Waals surface area contributed by atoms with Gasteiger partial charge in [0.2, 0.25) is 5.95 Å². The molecule has 2 aromatic rings. The highest BCUT2D eigenvalue weighted by Gasteiger charge is 2.41. The molecule has 2 fully saturated rings. The molecule has 1 spiro atoms. The second-order valence-corrected chi connectivity index (χ2v) is 8.34. The fraction of sp³-hybridized carbons (Fsp3) is 0.500. The maximum Gasteiger partial charge on any atom is 0.253 e. The Morgan fingerprint density at radius 1 is 1.13 bits per heavy atom. The summed E-state index contributed by atoms with van der Waals surface area (Å²) in [5.74, 6) is 0.322. The van der Waals surface area contributed by atoms with E-state index in [9.17, 15) is 9.18 Å². The van der Waals surface area contributed by atoms with E-state index in [0.717, 1.165) is 50.1 Å². The maximum absolute atomic E-state index is 13.3. The molecule has 0 saturated carbocycles. The molecule has 2 aliphatic rings. The van der Waals surface area contributed by atoms with Gasteiger partial charge in [-0.2, -0.15) is 0 Å². The highest BCUT2D eigenvalue weighted by atomic mass is 19.1. The van der Waals surface area contributed by atoms with Gasteiger partial charge in [0, 0.05) is 50.8 Å². The van der Waals surface area contributed by atoms with Crippen molar-refractivity contribution in [1.29, 1.82) is 0 Å². The Morgan fingerprint density at radius 2 is 1.87 bits per heavy atom. The quantitative estimate of drug-likeness (QED) is 0.768. The van der Waals surface area contributed by atoms with Gasteiger partial charge >= 0.3 is 0 Å².